The number of ether oxygens (including phenoxy) is 2. The number of unbranched alkanes of at least 4 members (excludes halogenated alkanes) is 11. The zero-order chi connectivity index (χ0) is 40.7. The van der Waals surface area contributed by atoms with Crippen LogP contribution in [0.1, 0.15) is 175 Å². The first kappa shape index (κ1) is 53.0. The first-order valence-corrected chi connectivity index (χ1v) is 26.3. The molecule has 1 aliphatic heterocycles. The third-order valence-corrected chi connectivity index (χ3v) is 13.9. The molecule has 0 radical (unpaired) electrons. The number of carbonyl (C=O) groups is 3. The lowest BCUT2D eigenvalue weighted by Crippen LogP contribution is -2.48. The standard InChI is InChI=1S/C45H85N3O5S3/c1-5-8-10-12-14-21-33-52-40(4)25-36-55-37-26-41(56-39-28-44(50)53-34-22-15-13-11-9-6-2)23-17-18-24-43(49)47-42(27-38-54-35-7-3)45(51)46-29-32-48-30-19-16-20-31-48/h41-42H,4-39H2,1-3H3,(H,46,51)(H,47,49). The number of rotatable bonds is 40. The molecule has 1 rings (SSSR count). The number of hydrogen-bond acceptors (Lipinski definition) is 9. The highest BCUT2D eigenvalue weighted by Gasteiger charge is 2.21. The Hall–Kier alpha value is -1.04. The maximum atomic E-state index is 13.2. The van der Waals surface area contributed by atoms with Crippen LogP contribution in [0.3, 0.4) is 0 Å². The minimum absolute atomic E-state index is 0.0338. The van der Waals surface area contributed by atoms with Gasteiger partial charge in [-0.2, -0.15) is 35.3 Å². The number of hydrogen-bond donors (Lipinski definition) is 2. The SMILES string of the molecule is C=C(CCSCCC(CCCCC(=O)NC(CCSCCC)C(=O)NCCN1CCCCC1)SCCC(=O)OCCCCCCCC)OCCCCCCCC. The summed E-state index contributed by atoms with van der Waals surface area (Å²) in [4.78, 5) is 41.1. The smallest absolute Gasteiger partial charge is 0.306 e. The highest BCUT2D eigenvalue weighted by molar-refractivity contribution is 8.00. The van der Waals surface area contributed by atoms with E-state index in [-0.39, 0.29) is 17.8 Å². The van der Waals surface area contributed by atoms with Gasteiger partial charge >= 0.3 is 5.97 Å². The van der Waals surface area contributed by atoms with Crippen molar-refractivity contribution in [3.63, 3.8) is 0 Å². The van der Waals surface area contributed by atoms with Gasteiger partial charge < -0.3 is 25.0 Å². The zero-order valence-electron chi connectivity index (χ0n) is 36.3. The Morgan fingerprint density at radius 2 is 1.29 bits per heavy atom. The van der Waals surface area contributed by atoms with E-state index in [2.05, 4.69) is 42.9 Å². The fraction of sp³-hybridized carbons (Fsp3) is 0.889. The van der Waals surface area contributed by atoms with Gasteiger partial charge in [-0.15, -0.1) is 0 Å². The van der Waals surface area contributed by atoms with E-state index >= 15 is 0 Å². The summed E-state index contributed by atoms with van der Waals surface area (Å²) in [5.74, 6) is 5.46. The van der Waals surface area contributed by atoms with Gasteiger partial charge in [-0.05, 0) is 88.1 Å². The first-order chi connectivity index (χ1) is 27.4. The molecule has 0 bridgehead atoms. The van der Waals surface area contributed by atoms with Gasteiger partial charge in [0, 0.05) is 42.7 Å². The molecule has 11 heteroatoms. The van der Waals surface area contributed by atoms with Gasteiger partial charge in [-0.3, -0.25) is 14.4 Å². The van der Waals surface area contributed by atoms with E-state index in [4.69, 9.17) is 9.47 Å². The van der Waals surface area contributed by atoms with Crippen LogP contribution in [0.15, 0.2) is 12.3 Å². The van der Waals surface area contributed by atoms with Gasteiger partial charge in [-0.25, -0.2) is 0 Å². The fourth-order valence-electron chi connectivity index (χ4n) is 6.72. The second-order valence-corrected chi connectivity index (χ2v) is 19.4. The zero-order valence-corrected chi connectivity index (χ0v) is 38.8. The first-order valence-electron chi connectivity index (χ1n) is 22.9. The molecule has 0 aromatic rings. The van der Waals surface area contributed by atoms with Crippen LogP contribution in [0.4, 0.5) is 0 Å². The summed E-state index contributed by atoms with van der Waals surface area (Å²) in [5, 5.41) is 6.62. The van der Waals surface area contributed by atoms with E-state index in [0.717, 1.165) is 119 Å². The highest BCUT2D eigenvalue weighted by atomic mass is 32.2. The van der Waals surface area contributed by atoms with Crippen LogP contribution in [-0.2, 0) is 23.9 Å². The molecule has 1 heterocycles. The Kier molecular flexibility index (Phi) is 37.3. The van der Waals surface area contributed by atoms with E-state index in [1.54, 1.807) is 0 Å². The van der Waals surface area contributed by atoms with Crippen molar-refractivity contribution in [2.24, 2.45) is 0 Å². The Balaban J connectivity index is 2.49. The third-order valence-electron chi connectivity index (χ3n) is 10.2. The van der Waals surface area contributed by atoms with Crippen molar-refractivity contribution in [1.82, 2.24) is 15.5 Å². The van der Waals surface area contributed by atoms with Crippen molar-refractivity contribution >= 4 is 53.1 Å². The second kappa shape index (κ2) is 39.4. The summed E-state index contributed by atoms with van der Waals surface area (Å²) in [6.45, 7) is 15.8. The molecular weight excluding hydrogens is 759 g/mol. The van der Waals surface area contributed by atoms with E-state index < -0.39 is 6.04 Å². The molecule has 0 aliphatic carbocycles. The van der Waals surface area contributed by atoms with Crippen LogP contribution in [0, 0.1) is 0 Å². The molecule has 328 valence electrons. The normalized spacial score (nSPS) is 14.3. The summed E-state index contributed by atoms with van der Waals surface area (Å²) in [7, 11) is 0. The molecular formula is C45H85N3O5S3. The molecule has 2 unspecified atom stereocenters. The summed E-state index contributed by atoms with van der Waals surface area (Å²) >= 11 is 5.67. The van der Waals surface area contributed by atoms with Crippen molar-refractivity contribution in [3.05, 3.63) is 12.3 Å². The monoisotopic (exact) mass is 844 g/mol. The lowest BCUT2D eigenvalue weighted by Gasteiger charge is -2.26. The van der Waals surface area contributed by atoms with Gasteiger partial charge in [0.05, 0.1) is 25.4 Å². The highest BCUT2D eigenvalue weighted by Crippen LogP contribution is 2.25. The van der Waals surface area contributed by atoms with Crippen molar-refractivity contribution in [1.29, 1.82) is 0 Å². The summed E-state index contributed by atoms with van der Waals surface area (Å²) in [5.41, 5.74) is 0. The van der Waals surface area contributed by atoms with Crippen LogP contribution >= 0.6 is 35.3 Å². The van der Waals surface area contributed by atoms with E-state index in [9.17, 15) is 14.4 Å². The second-order valence-electron chi connectivity index (χ2n) is 15.5. The number of carbonyl (C=O) groups excluding carboxylic acids is 3. The number of nitrogens with zero attached hydrogens (tertiary/aromatic N) is 1. The quantitative estimate of drug-likeness (QED) is 0.0355. The van der Waals surface area contributed by atoms with Crippen molar-refractivity contribution in [2.45, 2.75) is 186 Å². The summed E-state index contributed by atoms with van der Waals surface area (Å²) < 4.78 is 11.4. The molecule has 2 N–H and O–H groups in total. The van der Waals surface area contributed by atoms with Crippen LogP contribution in [0.2, 0.25) is 0 Å². The number of likely N-dealkylation sites (tertiary alicyclic amines) is 1. The predicted octanol–water partition coefficient (Wildman–Crippen LogP) is 11.0. The summed E-state index contributed by atoms with van der Waals surface area (Å²) in [6.07, 6.45) is 25.7. The number of esters is 1. The van der Waals surface area contributed by atoms with Crippen molar-refractivity contribution in [3.8, 4) is 0 Å². The largest absolute Gasteiger partial charge is 0.499 e. The Morgan fingerprint density at radius 3 is 1.98 bits per heavy atom. The number of piperidine rings is 1. The van der Waals surface area contributed by atoms with Crippen LogP contribution in [0.25, 0.3) is 0 Å². The number of nitrogens with one attached hydrogen (secondary N) is 2. The molecule has 56 heavy (non-hydrogen) atoms. The minimum atomic E-state index is -0.480. The fourth-order valence-corrected chi connectivity index (χ4v) is 10.0. The van der Waals surface area contributed by atoms with Gasteiger partial charge in [0.15, 0.2) is 0 Å². The molecule has 2 atom stereocenters. The van der Waals surface area contributed by atoms with Crippen LogP contribution in [0.5, 0.6) is 0 Å². The molecule has 0 spiro atoms. The number of allylic oxidation sites excluding steroid dienone is 1. The number of thioether (sulfide) groups is 3. The van der Waals surface area contributed by atoms with E-state index in [1.165, 1.54) is 77.0 Å². The molecule has 8 nitrogen and oxygen atoms in total. The van der Waals surface area contributed by atoms with Crippen molar-refractivity contribution < 1.29 is 23.9 Å². The van der Waals surface area contributed by atoms with Gasteiger partial charge in [0.25, 0.3) is 0 Å². The van der Waals surface area contributed by atoms with Gasteiger partial charge in [0.2, 0.25) is 11.8 Å². The molecule has 0 aromatic carbocycles. The molecule has 1 aliphatic rings. The molecule has 1 saturated heterocycles. The minimum Gasteiger partial charge on any atom is -0.499 e. The molecule has 0 saturated carbocycles. The van der Waals surface area contributed by atoms with Crippen LogP contribution in [-0.4, -0.2) is 102 Å². The third kappa shape index (κ3) is 32.9. The Labute approximate surface area is 357 Å². The Bertz CT molecular complexity index is 969. The maximum absolute atomic E-state index is 13.2. The number of amides is 2. The van der Waals surface area contributed by atoms with E-state index in [0.29, 0.717) is 37.7 Å². The molecule has 0 aromatic heterocycles. The predicted molar refractivity (Wildman–Crippen MR) is 246 cm³/mol. The maximum Gasteiger partial charge on any atom is 0.306 e. The lowest BCUT2D eigenvalue weighted by molar-refractivity contribution is -0.143. The Morgan fingerprint density at radius 1 is 0.643 bits per heavy atom. The van der Waals surface area contributed by atoms with Gasteiger partial charge in [-0.1, -0.05) is 104 Å². The average Bonchev–Trinajstić information content (AvgIpc) is 3.19. The molecule has 2 amide bonds. The molecule has 1 fully saturated rings. The van der Waals surface area contributed by atoms with E-state index in [1.807, 2.05) is 35.3 Å². The lowest BCUT2D eigenvalue weighted by atomic mass is 10.1. The van der Waals surface area contributed by atoms with Crippen LogP contribution < -0.4 is 10.6 Å². The summed E-state index contributed by atoms with van der Waals surface area (Å²) in [6, 6.07) is -0.480. The topological polar surface area (TPSA) is 97.0 Å². The van der Waals surface area contributed by atoms with Crippen molar-refractivity contribution in [2.75, 3.05) is 68.2 Å². The van der Waals surface area contributed by atoms with Gasteiger partial charge in [0.1, 0.15) is 6.04 Å². The average molecular weight is 844 g/mol.